The number of benzene rings is 1. The van der Waals surface area contributed by atoms with Gasteiger partial charge in [-0.15, -0.1) is 0 Å². The summed E-state index contributed by atoms with van der Waals surface area (Å²) in [6.07, 6.45) is 8.75. The fourth-order valence-corrected chi connectivity index (χ4v) is 5.42. The molecular formula is C23H37N3O3S. The standard InChI is InChI=1S/C23H37N3O3S/c1-2-3-4-5-6-7-18-30(28,29)26-16-14-25(15-17-26)19-20-8-10-21(11-9-20)23(27)24-22-12-13-22/h8-11,22H,2-7,12-19H2,1H3,(H,24,27). The van der Waals surface area contributed by atoms with Gasteiger partial charge in [0.05, 0.1) is 5.75 Å². The van der Waals surface area contributed by atoms with Crippen molar-refractivity contribution in [2.45, 2.75) is 70.9 Å². The van der Waals surface area contributed by atoms with Crippen LogP contribution >= 0.6 is 0 Å². The van der Waals surface area contributed by atoms with Gasteiger partial charge in [0.25, 0.3) is 5.91 Å². The van der Waals surface area contributed by atoms with Gasteiger partial charge < -0.3 is 5.32 Å². The summed E-state index contributed by atoms with van der Waals surface area (Å²) >= 11 is 0. The first-order chi connectivity index (χ1) is 14.5. The zero-order valence-electron chi connectivity index (χ0n) is 18.3. The maximum atomic E-state index is 12.6. The summed E-state index contributed by atoms with van der Waals surface area (Å²) in [5, 5.41) is 3.01. The number of carbonyl (C=O) groups is 1. The molecule has 2 fully saturated rings. The molecule has 0 bridgehead atoms. The second kappa shape index (κ2) is 11.3. The van der Waals surface area contributed by atoms with Crippen molar-refractivity contribution in [3.8, 4) is 0 Å². The summed E-state index contributed by atoms with van der Waals surface area (Å²) in [7, 11) is -3.13. The fraction of sp³-hybridized carbons (Fsp3) is 0.696. The molecule has 7 heteroatoms. The van der Waals surface area contributed by atoms with Gasteiger partial charge in [-0.05, 0) is 37.0 Å². The lowest BCUT2D eigenvalue weighted by Crippen LogP contribution is -2.48. The molecule has 2 aliphatic rings. The lowest BCUT2D eigenvalue weighted by molar-refractivity contribution is 0.0951. The molecule has 0 unspecified atom stereocenters. The Kier molecular flexibility index (Phi) is 8.72. The van der Waals surface area contributed by atoms with E-state index in [1.807, 2.05) is 24.3 Å². The SMILES string of the molecule is CCCCCCCCS(=O)(=O)N1CCN(Cc2ccc(C(=O)NC3CC3)cc2)CC1. The van der Waals surface area contributed by atoms with E-state index in [4.69, 9.17) is 0 Å². The van der Waals surface area contributed by atoms with Gasteiger partial charge in [-0.25, -0.2) is 8.42 Å². The van der Waals surface area contributed by atoms with Gasteiger partial charge in [0.1, 0.15) is 0 Å². The molecule has 3 rings (SSSR count). The predicted molar refractivity (Wildman–Crippen MR) is 121 cm³/mol. The van der Waals surface area contributed by atoms with Gasteiger partial charge in [-0.3, -0.25) is 9.69 Å². The number of carbonyl (C=O) groups excluding carboxylic acids is 1. The lowest BCUT2D eigenvalue weighted by Gasteiger charge is -2.34. The highest BCUT2D eigenvalue weighted by molar-refractivity contribution is 7.89. The van der Waals surface area contributed by atoms with Crippen LogP contribution in [-0.4, -0.2) is 61.5 Å². The number of hydrogen-bond acceptors (Lipinski definition) is 4. The second-order valence-electron chi connectivity index (χ2n) is 8.70. The molecule has 1 N–H and O–H groups in total. The number of hydrogen-bond donors (Lipinski definition) is 1. The quantitative estimate of drug-likeness (QED) is 0.511. The summed E-state index contributed by atoms with van der Waals surface area (Å²) in [6, 6.07) is 8.14. The number of rotatable bonds is 12. The highest BCUT2D eigenvalue weighted by Gasteiger charge is 2.26. The van der Waals surface area contributed by atoms with Gasteiger partial charge >= 0.3 is 0 Å². The molecule has 0 atom stereocenters. The summed E-state index contributed by atoms with van der Waals surface area (Å²) in [6.45, 7) is 5.61. The molecule has 1 aliphatic carbocycles. The van der Waals surface area contributed by atoms with Crippen molar-refractivity contribution in [3.05, 3.63) is 35.4 Å². The highest BCUT2D eigenvalue weighted by atomic mass is 32.2. The monoisotopic (exact) mass is 435 g/mol. The molecule has 1 amide bonds. The van der Waals surface area contributed by atoms with Crippen molar-refractivity contribution in [2.24, 2.45) is 0 Å². The maximum absolute atomic E-state index is 12.6. The molecule has 0 spiro atoms. The van der Waals surface area contributed by atoms with Crippen molar-refractivity contribution >= 4 is 15.9 Å². The average Bonchev–Trinajstić information content (AvgIpc) is 3.55. The Morgan fingerprint density at radius 2 is 1.60 bits per heavy atom. The number of piperazine rings is 1. The number of unbranched alkanes of at least 4 members (excludes halogenated alkanes) is 5. The molecular weight excluding hydrogens is 398 g/mol. The topological polar surface area (TPSA) is 69.7 Å². The number of sulfonamides is 1. The van der Waals surface area contributed by atoms with E-state index in [1.54, 1.807) is 4.31 Å². The smallest absolute Gasteiger partial charge is 0.251 e. The molecule has 1 aromatic rings. The van der Waals surface area contributed by atoms with Gasteiger partial charge in [0.2, 0.25) is 10.0 Å². The first-order valence-corrected chi connectivity index (χ1v) is 13.2. The van der Waals surface area contributed by atoms with Crippen molar-refractivity contribution in [3.63, 3.8) is 0 Å². The molecule has 6 nitrogen and oxygen atoms in total. The highest BCUT2D eigenvalue weighted by Crippen LogP contribution is 2.20. The Morgan fingerprint density at radius 3 is 2.23 bits per heavy atom. The van der Waals surface area contributed by atoms with E-state index in [2.05, 4.69) is 17.1 Å². The largest absolute Gasteiger partial charge is 0.349 e. The van der Waals surface area contributed by atoms with Crippen LogP contribution in [0.2, 0.25) is 0 Å². The Bertz CT molecular complexity index is 767. The van der Waals surface area contributed by atoms with Crippen LogP contribution < -0.4 is 5.32 Å². The van der Waals surface area contributed by atoms with Gasteiger partial charge in [0, 0.05) is 44.3 Å². The summed E-state index contributed by atoms with van der Waals surface area (Å²) in [5.74, 6) is 0.289. The summed E-state index contributed by atoms with van der Waals surface area (Å²) in [4.78, 5) is 14.4. The van der Waals surface area contributed by atoms with E-state index in [0.29, 0.717) is 24.7 Å². The van der Waals surface area contributed by atoms with Crippen molar-refractivity contribution < 1.29 is 13.2 Å². The Morgan fingerprint density at radius 1 is 0.967 bits per heavy atom. The molecule has 1 saturated carbocycles. The number of nitrogens with one attached hydrogen (secondary N) is 1. The molecule has 1 saturated heterocycles. The minimum Gasteiger partial charge on any atom is -0.349 e. The molecule has 0 aromatic heterocycles. The van der Waals surface area contributed by atoms with Crippen LogP contribution in [-0.2, 0) is 16.6 Å². The third kappa shape index (κ3) is 7.36. The zero-order chi connectivity index (χ0) is 21.4. The molecule has 30 heavy (non-hydrogen) atoms. The van der Waals surface area contributed by atoms with Crippen LogP contribution in [0.15, 0.2) is 24.3 Å². The van der Waals surface area contributed by atoms with E-state index in [-0.39, 0.29) is 11.7 Å². The average molecular weight is 436 g/mol. The minimum absolute atomic E-state index is 0.00762. The van der Waals surface area contributed by atoms with Crippen LogP contribution in [0.1, 0.15) is 74.2 Å². The third-order valence-corrected chi connectivity index (χ3v) is 7.97. The molecule has 1 heterocycles. The van der Waals surface area contributed by atoms with Gasteiger partial charge in [0.15, 0.2) is 0 Å². The van der Waals surface area contributed by atoms with E-state index < -0.39 is 10.0 Å². The van der Waals surface area contributed by atoms with Crippen molar-refractivity contribution in [1.82, 2.24) is 14.5 Å². The second-order valence-corrected chi connectivity index (χ2v) is 10.8. The van der Waals surface area contributed by atoms with Crippen LogP contribution in [0.4, 0.5) is 0 Å². The third-order valence-electron chi connectivity index (χ3n) is 6.02. The first kappa shape index (κ1) is 23.2. The zero-order valence-corrected chi connectivity index (χ0v) is 19.1. The van der Waals surface area contributed by atoms with E-state index >= 15 is 0 Å². The van der Waals surface area contributed by atoms with Crippen LogP contribution in [0.3, 0.4) is 0 Å². The summed E-state index contributed by atoms with van der Waals surface area (Å²) in [5.41, 5.74) is 1.86. The van der Waals surface area contributed by atoms with Crippen molar-refractivity contribution in [1.29, 1.82) is 0 Å². The molecule has 1 aromatic carbocycles. The normalized spacial score (nSPS) is 18.4. The summed E-state index contributed by atoms with van der Waals surface area (Å²) < 4.78 is 26.8. The molecule has 168 valence electrons. The Hall–Kier alpha value is -1.44. The van der Waals surface area contributed by atoms with E-state index in [1.165, 1.54) is 19.3 Å². The van der Waals surface area contributed by atoms with E-state index in [9.17, 15) is 13.2 Å². The van der Waals surface area contributed by atoms with Crippen LogP contribution in [0, 0.1) is 0 Å². The molecule has 0 radical (unpaired) electrons. The van der Waals surface area contributed by atoms with Gasteiger partial charge in [-0.1, -0.05) is 51.2 Å². The first-order valence-electron chi connectivity index (χ1n) is 11.6. The maximum Gasteiger partial charge on any atom is 0.251 e. The fourth-order valence-electron chi connectivity index (χ4n) is 3.88. The predicted octanol–water partition coefficient (Wildman–Crippen LogP) is 3.39. The number of amides is 1. The van der Waals surface area contributed by atoms with Crippen molar-refractivity contribution in [2.75, 3.05) is 31.9 Å². The molecule has 1 aliphatic heterocycles. The van der Waals surface area contributed by atoms with Gasteiger partial charge in [-0.2, -0.15) is 4.31 Å². The van der Waals surface area contributed by atoms with Crippen LogP contribution in [0.25, 0.3) is 0 Å². The number of nitrogens with zero attached hydrogens (tertiary/aromatic N) is 2. The van der Waals surface area contributed by atoms with Crippen LogP contribution in [0.5, 0.6) is 0 Å². The lowest BCUT2D eigenvalue weighted by atomic mass is 10.1. The minimum atomic E-state index is -3.13. The Labute approximate surface area is 182 Å². The van der Waals surface area contributed by atoms with E-state index in [0.717, 1.165) is 57.3 Å². The Balaban J connectivity index is 1.37.